The van der Waals surface area contributed by atoms with Crippen molar-refractivity contribution in [3.8, 4) is 5.88 Å². The maximum atomic E-state index is 11.2. The molecule has 1 aliphatic rings. The van der Waals surface area contributed by atoms with Crippen molar-refractivity contribution in [1.29, 1.82) is 0 Å². The maximum Gasteiger partial charge on any atom is 0.308 e. The van der Waals surface area contributed by atoms with Gasteiger partial charge in [-0.1, -0.05) is 12.8 Å². The molecule has 2 unspecified atom stereocenters. The van der Waals surface area contributed by atoms with Crippen LogP contribution in [0.2, 0.25) is 0 Å². The minimum absolute atomic E-state index is 0.0735. The van der Waals surface area contributed by atoms with Crippen LogP contribution in [0.3, 0.4) is 0 Å². The Labute approximate surface area is 112 Å². The third-order valence-electron chi connectivity index (χ3n) is 3.35. The van der Waals surface area contributed by atoms with Crippen molar-refractivity contribution in [2.24, 2.45) is 5.92 Å². The minimum Gasteiger partial charge on any atom is -0.481 e. The lowest BCUT2D eigenvalue weighted by Gasteiger charge is -2.29. The predicted molar refractivity (Wildman–Crippen MR) is 70.2 cm³/mol. The van der Waals surface area contributed by atoms with E-state index in [4.69, 9.17) is 4.74 Å². The van der Waals surface area contributed by atoms with E-state index < -0.39 is 5.97 Å². The number of aromatic nitrogens is 2. The zero-order valence-electron chi connectivity index (χ0n) is 11.0. The number of carboxylic acids is 1. The Morgan fingerprint density at radius 1 is 1.47 bits per heavy atom. The number of hydrogen-bond acceptors (Lipinski definition) is 5. The largest absolute Gasteiger partial charge is 0.481 e. The number of hydrogen-bond donors (Lipinski definition) is 2. The van der Waals surface area contributed by atoms with Crippen molar-refractivity contribution in [2.75, 3.05) is 11.9 Å². The van der Waals surface area contributed by atoms with Gasteiger partial charge in [-0.2, -0.15) is 0 Å². The fourth-order valence-electron chi connectivity index (χ4n) is 2.43. The molecule has 19 heavy (non-hydrogen) atoms. The molecule has 2 N–H and O–H groups in total. The van der Waals surface area contributed by atoms with Gasteiger partial charge in [0.1, 0.15) is 12.1 Å². The number of anilines is 1. The second-order valence-electron chi connectivity index (χ2n) is 4.65. The molecule has 1 fully saturated rings. The van der Waals surface area contributed by atoms with Crippen molar-refractivity contribution < 1.29 is 14.6 Å². The van der Waals surface area contributed by atoms with E-state index in [0.29, 0.717) is 18.3 Å². The molecule has 0 spiro atoms. The van der Waals surface area contributed by atoms with Gasteiger partial charge >= 0.3 is 5.97 Å². The molecule has 2 rings (SSSR count). The molecule has 104 valence electrons. The molecule has 1 aromatic rings. The summed E-state index contributed by atoms with van der Waals surface area (Å²) in [6.07, 6.45) is 5.02. The van der Waals surface area contributed by atoms with Crippen LogP contribution < -0.4 is 10.1 Å². The highest BCUT2D eigenvalue weighted by molar-refractivity contribution is 5.71. The van der Waals surface area contributed by atoms with Crippen LogP contribution in [0, 0.1) is 5.92 Å². The van der Waals surface area contributed by atoms with Crippen LogP contribution in [-0.4, -0.2) is 33.7 Å². The first-order valence-corrected chi connectivity index (χ1v) is 6.65. The van der Waals surface area contributed by atoms with E-state index in [2.05, 4.69) is 15.3 Å². The van der Waals surface area contributed by atoms with Crippen LogP contribution >= 0.6 is 0 Å². The van der Waals surface area contributed by atoms with Gasteiger partial charge in [-0.25, -0.2) is 9.97 Å². The van der Waals surface area contributed by atoms with E-state index in [1.54, 1.807) is 6.07 Å². The number of nitrogens with zero attached hydrogens (tertiary/aromatic N) is 2. The van der Waals surface area contributed by atoms with E-state index in [-0.39, 0.29) is 12.0 Å². The Kier molecular flexibility index (Phi) is 4.54. The van der Waals surface area contributed by atoms with Gasteiger partial charge in [0.15, 0.2) is 0 Å². The summed E-state index contributed by atoms with van der Waals surface area (Å²) < 4.78 is 5.30. The molecule has 6 heteroatoms. The molecule has 6 nitrogen and oxygen atoms in total. The zero-order valence-corrected chi connectivity index (χ0v) is 11.0. The van der Waals surface area contributed by atoms with Crippen LogP contribution in [0.15, 0.2) is 12.4 Å². The summed E-state index contributed by atoms with van der Waals surface area (Å²) in [4.78, 5) is 19.3. The monoisotopic (exact) mass is 265 g/mol. The first-order valence-electron chi connectivity index (χ1n) is 6.65. The number of carbonyl (C=O) groups is 1. The van der Waals surface area contributed by atoms with Crippen molar-refractivity contribution in [1.82, 2.24) is 9.97 Å². The number of rotatable bonds is 5. The minimum atomic E-state index is -0.740. The van der Waals surface area contributed by atoms with E-state index in [9.17, 15) is 9.90 Å². The van der Waals surface area contributed by atoms with E-state index >= 15 is 0 Å². The second kappa shape index (κ2) is 6.36. The third-order valence-corrected chi connectivity index (χ3v) is 3.35. The smallest absolute Gasteiger partial charge is 0.308 e. The summed E-state index contributed by atoms with van der Waals surface area (Å²) in [5.41, 5.74) is 0. The molecule has 0 aromatic carbocycles. The molecule has 2 atom stereocenters. The molecule has 1 aliphatic carbocycles. The van der Waals surface area contributed by atoms with Gasteiger partial charge in [-0.3, -0.25) is 4.79 Å². The molecule has 1 saturated carbocycles. The number of aliphatic carboxylic acids is 1. The Morgan fingerprint density at radius 3 is 3.00 bits per heavy atom. The van der Waals surface area contributed by atoms with Crippen molar-refractivity contribution >= 4 is 11.8 Å². The third kappa shape index (κ3) is 3.56. The molecule has 0 radical (unpaired) electrons. The van der Waals surface area contributed by atoms with Gasteiger partial charge in [-0.05, 0) is 19.8 Å². The lowest BCUT2D eigenvalue weighted by Crippen LogP contribution is -2.37. The first-order chi connectivity index (χ1) is 9.20. The fraction of sp³-hybridized carbons (Fsp3) is 0.615. The van der Waals surface area contributed by atoms with Gasteiger partial charge in [0.05, 0.1) is 12.5 Å². The quantitative estimate of drug-likeness (QED) is 0.846. The Morgan fingerprint density at radius 2 is 2.26 bits per heavy atom. The Hall–Kier alpha value is -1.85. The summed E-state index contributed by atoms with van der Waals surface area (Å²) in [6.45, 7) is 2.43. The van der Waals surface area contributed by atoms with Crippen LogP contribution in [0.4, 0.5) is 5.82 Å². The first kappa shape index (κ1) is 13.6. The lowest BCUT2D eigenvalue weighted by molar-refractivity contribution is -0.143. The number of nitrogens with one attached hydrogen (secondary N) is 1. The van der Waals surface area contributed by atoms with E-state index in [1.165, 1.54) is 6.33 Å². The van der Waals surface area contributed by atoms with Gasteiger partial charge in [0.2, 0.25) is 5.88 Å². The molecule has 1 aromatic heterocycles. The van der Waals surface area contributed by atoms with Crippen LogP contribution in [0.1, 0.15) is 32.6 Å². The van der Waals surface area contributed by atoms with Crippen LogP contribution in [0.25, 0.3) is 0 Å². The molecular weight excluding hydrogens is 246 g/mol. The summed E-state index contributed by atoms with van der Waals surface area (Å²) in [7, 11) is 0. The molecule has 0 saturated heterocycles. The average Bonchev–Trinajstić information content (AvgIpc) is 2.40. The predicted octanol–water partition coefficient (Wildman–Crippen LogP) is 1.93. The molecular formula is C13H19N3O3. The molecule has 0 bridgehead atoms. The second-order valence-corrected chi connectivity index (χ2v) is 4.65. The Balaban J connectivity index is 2.06. The van der Waals surface area contributed by atoms with Crippen LogP contribution in [0.5, 0.6) is 5.88 Å². The standard InChI is InChI=1S/C13H19N3O3/c1-2-19-12-7-11(14-8-15-12)16-10-6-4-3-5-9(10)13(17)18/h7-10H,2-6H2,1H3,(H,17,18)(H,14,15,16). The zero-order chi connectivity index (χ0) is 13.7. The summed E-state index contributed by atoms with van der Waals surface area (Å²) >= 11 is 0. The van der Waals surface area contributed by atoms with Gasteiger partial charge in [0.25, 0.3) is 0 Å². The lowest BCUT2D eigenvalue weighted by atomic mass is 9.84. The SMILES string of the molecule is CCOc1cc(NC2CCCCC2C(=O)O)ncn1. The number of carboxylic acid groups (broad SMARTS) is 1. The van der Waals surface area contributed by atoms with E-state index in [1.807, 2.05) is 6.92 Å². The topological polar surface area (TPSA) is 84.3 Å². The van der Waals surface area contributed by atoms with Crippen molar-refractivity contribution in [3.05, 3.63) is 12.4 Å². The average molecular weight is 265 g/mol. The van der Waals surface area contributed by atoms with Crippen LogP contribution in [-0.2, 0) is 4.79 Å². The molecule has 1 heterocycles. The molecule has 0 amide bonds. The highest BCUT2D eigenvalue weighted by atomic mass is 16.5. The van der Waals surface area contributed by atoms with Crippen molar-refractivity contribution in [3.63, 3.8) is 0 Å². The number of ether oxygens (including phenoxy) is 1. The maximum absolute atomic E-state index is 11.2. The summed E-state index contributed by atoms with van der Waals surface area (Å²) in [6, 6.07) is 1.63. The normalized spacial score (nSPS) is 22.8. The van der Waals surface area contributed by atoms with Gasteiger partial charge < -0.3 is 15.2 Å². The van der Waals surface area contributed by atoms with Gasteiger partial charge in [-0.15, -0.1) is 0 Å². The fourth-order valence-corrected chi connectivity index (χ4v) is 2.43. The highest BCUT2D eigenvalue weighted by Gasteiger charge is 2.30. The Bertz CT molecular complexity index is 439. The van der Waals surface area contributed by atoms with Crippen molar-refractivity contribution in [2.45, 2.75) is 38.6 Å². The van der Waals surface area contributed by atoms with E-state index in [0.717, 1.165) is 25.7 Å². The highest BCUT2D eigenvalue weighted by Crippen LogP contribution is 2.27. The summed E-state index contributed by atoms with van der Waals surface area (Å²) in [5, 5.41) is 12.4. The molecule has 0 aliphatic heterocycles. The van der Waals surface area contributed by atoms with Gasteiger partial charge in [0, 0.05) is 12.1 Å². The summed E-state index contributed by atoms with van der Waals surface area (Å²) in [5.74, 6) is 0.0369.